The molecule has 0 unspecified atom stereocenters. The van der Waals surface area contributed by atoms with E-state index in [4.69, 9.17) is 26.2 Å². The lowest BCUT2D eigenvalue weighted by molar-refractivity contribution is 0.209. The quantitative estimate of drug-likeness (QED) is 0.322. The first-order valence-corrected chi connectivity index (χ1v) is 11.2. The van der Waals surface area contributed by atoms with Crippen molar-refractivity contribution in [2.75, 3.05) is 31.9 Å². The molecule has 0 aliphatic heterocycles. The number of carboxylic acid groups (broad SMARTS) is 1. The number of aryl methyl sites for hydroxylation is 2. The van der Waals surface area contributed by atoms with Crippen molar-refractivity contribution in [2.45, 2.75) is 13.0 Å². The van der Waals surface area contributed by atoms with Crippen LogP contribution in [0.5, 0.6) is 11.5 Å². The third-order valence-corrected chi connectivity index (χ3v) is 5.88. The van der Waals surface area contributed by atoms with Crippen LogP contribution >= 0.6 is 11.6 Å². The fourth-order valence-corrected chi connectivity index (χ4v) is 4.00. The van der Waals surface area contributed by atoms with E-state index in [0.29, 0.717) is 46.0 Å². The van der Waals surface area contributed by atoms with Gasteiger partial charge < -0.3 is 19.9 Å². The van der Waals surface area contributed by atoms with Gasteiger partial charge in [0.2, 0.25) is 5.95 Å². The van der Waals surface area contributed by atoms with Crippen LogP contribution in [0.1, 0.15) is 5.56 Å². The van der Waals surface area contributed by atoms with E-state index in [1.165, 1.54) is 14.2 Å². The van der Waals surface area contributed by atoms with Gasteiger partial charge in [-0.05, 0) is 30.2 Å². The second-order valence-corrected chi connectivity index (χ2v) is 8.04. The Hall–Kier alpha value is -4.38. The van der Waals surface area contributed by atoms with Crippen molar-refractivity contribution in [1.29, 1.82) is 0 Å². The number of aromatic nitrogens is 4. The highest BCUT2D eigenvalue weighted by molar-refractivity contribution is 6.35. The molecular weight excluding hydrogens is 488 g/mol. The third-order valence-electron chi connectivity index (χ3n) is 5.49. The van der Waals surface area contributed by atoms with Crippen LogP contribution in [0.25, 0.3) is 22.2 Å². The lowest BCUT2D eigenvalue weighted by Gasteiger charge is -2.15. The second-order valence-electron chi connectivity index (χ2n) is 7.66. The highest BCUT2D eigenvalue weighted by Gasteiger charge is 2.19. The summed E-state index contributed by atoms with van der Waals surface area (Å²) in [5.74, 6) is 1.44. The molecule has 0 aliphatic rings. The van der Waals surface area contributed by atoms with Crippen LogP contribution < -0.4 is 25.7 Å². The number of anilines is 2. The normalized spacial score (nSPS) is 10.8. The van der Waals surface area contributed by atoms with Crippen molar-refractivity contribution < 1.29 is 19.4 Å². The summed E-state index contributed by atoms with van der Waals surface area (Å²) in [4.78, 5) is 37.5. The lowest BCUT2D eigenvalue weighted by Crippen LogP contribution is -2.24. The van der Waals surface area contributed by atoms with E-state index in [0.717, 1.165) is 5.56 Å². The van der Waals surface area contributed by atoms with Gasteiger partial charge in [0, 0.05) is 48.6 Å². The summed E-state index contributed by atoms with van der Waals surface area (Å²) in [6.45, 7) is 0.273. The zero-order valence-corrected chi connectivity index (χ0v) is 20.5. The molecule has 1 aromatic carbocycles. The van der Waals surface area contributed by atoms with Crippen molar-refractivity contribution in [3.8, 4) is 22.6 Å². The maximum absolute atomic E-state index is 13.8. The Balaban J connectivity index is 1.82. The molecule has 3 heterocycles. The summed E-state index contributed by atoms with van der Waals surface area (Å²) in [5, 5.41) is 14.8. The monoisotopic (exact) mass is 510 g/mol. The molecule has 0 aliphatic carbocycles. The van der Waals surface area contributed by atoms with Gasteiger partial charge in [0.1, 0.15) is 23.0 Å². The van der Waals surface area contributed by atoms with Gasteiger partial charge in [0.05, 0.1) is 19.2 Å². The average Bonchev–Trinajstić information content (AvgIpc) is 2.88. The first-order valence-electron chi connectivity index (χ1n) is 10.8. The van der Waals surface area contributed by atoms with Crippen LogP contribution in [0.4, 0.5) is 16.6 Å². The number of carbonyl (C=O) groups is 1. The smallest absolute Gasteiger partial charge is 0.410 e. The van der Waals surface area contributed by atoms with Crippen molar-refractivity contribution in [2.24, 2.45) is 0 Å². The van der Waals surface area contributed by atoms with Crippen LogP contribution in [-0.4, -0.2) is 52.0 Å². The van der Waals surface area contributed by atoms with Crippen molar-refractivity contribution in [3.63, 3.8) is 0 Å². The van der Waals surface area contributed by atoms with Crippen LogP contribution in [0.2, 0.25) is 5.02 Å². The number of rotatable bonds is 8. The summed E-state index contributed by atoms with van der Waals surface area (Å²) >= 11 is 6.59. The molecule has 4 aromatic rings. The Morgan fingerprint density at radius 2 is 1.92 bits per heavy atom. The summed E-state index contributed by atoms with van der Waals surface area (Å²) in [7, 11) is 4.70. The van der Waals surface area contributed by atoms with Gasteiger partial charge in [-0.25, -0.2) is 14.8 Å². The third kappa shape index (κ3) is 5.01. The lowest BCUT2D eigenvalue weighted by atomic mass is 10.0. The summed E-state index contributed by atoms with van der Waals surface area (Å²) < 4.78 is 12.3. The van der Waals surface area contributed by atoms with E-state index in [1.54, 1.807) is 54.3 Å². The van der Waals surface area contributed by atoms with Crippen molar-refractivity contribution in [3.05, 3.63) is 63.7 Å². The van der Waals surface area contributed by atoms with E-state index >= 15 is 0 Å². The first kappa shape index (κ1) is 24.7. The van der Waals surface area contributed by atoms with Gasteiger partial charge in [-0.3, -0.25) is 14.7 Å². The number of halogens is 1. The van der Waals surface area contributed by atoms with Crippen molar-refractivity contribution in [1.82, 2.24) is 19.5 Å². The van der Waals surface area contributed by atoms with Crippen LogP contribution in [0, 0.1) is 0 Å². The largest absolute Gasteiger partial charge is 0.497 e. The number of methoxy groups -OCH3 is 2. The van der Waals surface area contributed by atoms with Gasteiger partial charge in [0.25, 0.3) is 5.56 Å². The maximum Gasteiger partial charge on any atom is 0.410 e. The Labute approximate surface area is 210 Å². The molecule has 0 saturated heterocycles. The minimum Gasteiger partial charge on any atom is -0.497 e. The molecule has 0 spiro atoms. The minimum atomic E-state index is -1.20. The van der Waals surface area contributed by atoms with Gasteiger partial charge in [0.15, 0.2) is 0 Å². The van der Waals surface area contributed by atoms with Gasteiger partial charge >= 0.3 is 6.09 Å². The second kappa shape index (κ2) is 10.5. The molecule has 3 aromatic heterocycles. The predicted molar refractivity (Wildman–Crippen MR) is 136 cm³/mol. The number of benzene rings is 1. The SMILES string of the molecule is CNc1ncc2cc(-c3cc(OC)cc(OC)c3Cl)c(=O)n(CCc3ccc(NC(=O)O)nc3)c2n1. The van der Waals surface area contributed by atoms with E-state index in [1.807, 2.05) is 0 Å². The number of fused-ring (bicyclic) bond motifs is 1. The molecule has 0 atom stereocenters. The molecule has 0 fully saturated rings. The summed E-state index contributed by atoms with van der Waals surface area (Å²) in [6, 6.07) is 8.32. The van der Waals surface area contributed by atoms with Crippen LogP contribution in [0.3, 0.4) is 0 Å². The van der Waals surface area contributed by atoms with Crippen LogP contribution in [-0.2, 0) is 13.0 Å². The minimum absolute atomic E-state index is 0.212. The zero-order valence-electron chi connectivity index (χ0n) is 19.7. The fourth-order valence-electron chi connectivity index (χ4n) is 3.71. The van der Waals surface area contributed by atoms with E-state index < -0.39 is 6.09 Å². The zero-order chi connectivity index (χ0) is 25.8. The van der Waals surface area contributed by atoms with Crippen LogP contribution in [0.15, 0.2) is 47.5 Å². The molecule has 186 valence electrons. The molecule has 12 heteroatoms. The molecule has 4 rings (SSSR count). The molecular formula is C24H23ClN6O5. The van der Waals surface area contributed by atoms with E-state index in [-0.39, 0.29) is 22.9 Å². The number of amides is 1. The standard InChI is InChI=1S/C24H23ClN6O5/c1-26-23-28-12-14-8-17(16-9-15(35-2)10-18(36-3)20(16)25)22(32)31(21(14)30-23)7-6-13-4-5-19(27-11-13)29-24(33)34/h4-5,8-12H,6-7H2,1-3H3,(H,27,29)(H,33,34)(H,26,28,30). The molecule has 11 nitrogen and oxygen atoms in total. The molecule has 3 N–H and O–H groups in total. The van der Waals surface area contributed by atoms with Crippen molar-refractivity contribution >= 4 is 40.5 Å². The first-order chi connectivity index (χ1) is 17.3. The Morgan fingerprint density at radius 1 is 1.11 bits per heavy atom. The average molecular weight is 511 g/mol. The Bertz CT molecular complexity index is 1490. The highest BCUT2D eigenvalue weighted by atomic mass is 35.5. The maximum atomic E-state index is 13.8. The number of nitrogens with one attached hydrogen (secondary N) is 2. The molecule has 0 saturated carbocycles. The molecule has 36 heavy (non-hydrogen) atoms. The number of pyridine rings is 2. The summed E-state index contributed by atoms with van der Waals surface area (Å²) in [6.07, 6.45) is 2.43. The number of hydrogen-bond acceptors (Lipinski definition) is 8. The molecule has 0 radical (unpaired) electrons. The van der Waals surface area contributed by atoms with E-state index in [9.17, 15) is 9.59 Å². The van der Waals surface area contributed by atoms with Gasteiger partial charge in [-0.1, -0.05) is 17.7 Å². The molecule has 0 bridgehead atoms. The van der Waals surface area contributed by atoms with Gasteiger partial charge in [-0.2, -0.15) is 4.98 Å². The number of hydrogen-bond donors (Lipinski definition) is 3. The Kier molecular flexibility index (Phi) is 7.20. The van der Waals surface area contributed by atoms with Gasteiger partial charge in [-0.15, -0.1) is 0 Å². The predicted octanol–water partition coefficient (Wildman–Crippen LogP) is 3.90. The summed E-state index contributed by atoms with van der Waals surface area (Å²) in [5.41, 5.74) is 1.74. The Morgan fingerprint density at radius 3 is 2.56 bits per heavy atom. The molecule has 1 amide bonds. The van der Waals surface area contributed by atoms with E-state index in [2.05, 4.69) is 25.6 Å². The number of nitrogens with zero attached hydrogens (tertiary/aromatic N) is 4. The highest BCUT2D eigenvalue weighted by Crippen LogP contribution is 2.38. The number of ether oxygens (including phenoxy) is 2. The fraction of sp³-hybridized carbons (Fsp3) is 0.208. The topological polar surface area (TPSA) is 140 Å².